The van der Waals surface area contributed by atoms with Crippen molar-refractivity contribution in [2.45, 2.75) is 0 Å². The van der Waals surface area contributed by atoms with E-state index in [1.807, 2.05) is 6.07 Å². The van der Waals surface area contributed by atoms with E-state index in [4.69, 9.17) is 40.7 Å². The van der Waals surface area contributed by atoms with Crippen LogP contribution in [0.5, 0.6) is 0 Å². The van der Waals surface area contributed by atoms with Crippen molar-refractivity contribution in [3.63, 3.8) is 0 Å². The van der Waals surface area contributed by atoms with Crippen molar-refractivity contribution in [1.82, 2.24) is 4.98 Å². The summed E-state index contributed by atoms with van der Waals surface area (Å²) in [6.45, 7) is 0. The molecule has 5 heteroatoms. The van der Waals surface area contributed by atoms with Crippen molar-refractivity contribution in [1.29, 1.82) is 5.26 Å². The van der Waals surface area contributed by atoms with Gasteiger partial charge in [-0.2, -0.15) is 5.26 Å². The van der Waals surface area contributed by atoms with Crippen molar-refractivity contribution in [3.8, 4) is 17.3 Å². The van der Waals surface area contributed by atoms with Gasteiger partial charge in [0.2, 0.25) is 0 Å². The molecule has 17 heavy (non-hydrogen) atoms. The molecule has 0 saturated carbocycles. The van der Waals surface area contributed by atoms with E-state index in [-0.39, 0.29) is 0 Å². The lowest BCUT2D eigenvalue weighted by molar-refractivity contribution is 1.27. The van der Waals surface area contributed by atoms with Crippen molar-refractivity contribution in [3.05, 3.63) is 50.6 Å². The zero-order valence-electron chi connectivity index (χ0n) is 8.50. The van der Waals surface area contributed by atoms with Crippen LogP contribution >= 0.6 is 35.4 Å². The largest absolute Gasteiger partial charge is 0.345 e. The molecular formula is C12H6Cl2N2S. The lowest BCUT2D eigenvalue weighted by atomic mass is 10.1. The molecular weight excluding hydrogens is 275 g/mol. The van der Waals surface area contributed by atoms with Crippen LogP contribution in [0, 0.1) is 16.0 Å². The van der Waals surface area contributed by atoms with Crippen LogP contribution in [0.1, 0.15) is 5.56 Å². The van der Waals surface area contributed by atoms with Gasteiger partial charge in [-0.15, -0.1) is 0 Å². The molecule has 0 bridgehead atoms. The molecule has 1 aromatic carbocycles. The molecule has 0 fully saturated rings. The standard InChI is InChI=1S/C12H6Cl2N2S/c13-8-2-3-10(14)9(5-8)11-4-1-7(6-15)12(17)16-11/h1-5H,(H,16,17). The molecule has 1 N–H and O–H groups in total. The maximum Gasteiger partial charge on any atom is 0.121 e. The number of benzene rings is 1. The normalized spacial score (nSPS) is 9.94. The highest BCUT2D eigenvalue weighted by molar-refractivity contribution is 7.71. The Kier molecular flexibility index (Phi) is 3.49. The first-order valence-corrected chi connectivity index (χ1v) is 5.87. The second kappa shape index (κ2) is 4.89. The minimum Gasteiger partial charge on any atom is -0.345 e. The van der Waals surface area contributed by atoms with Crippen LogP contribution in [0.25, 0.3) is 11.3 Å². The average Bonchev–Trinajstić information content (AvgIpc) is 2.32. The van der Waals surface area contributed by atoms with E-state index in [2.05, 4.69) is 4.98 Å². The zero-order chi connectivity index (χ0) is 12.4. The van der Waals surface area contributed by atoms with Crippen molar-refractivity contribution in [2.75, 3.05) is 0 Å². The Balaban J connectivity index is 2.62. The molecule has 0 aliphatic heterocycles. The first kappa shape index (κ1) is 12.1. The first-order chi connectivity index (χ1) is 8.11. The zero-order valence-corrected chi connectivity index (χ0v) is 10.8. The highest BCUT2D eigenvalue weighted by atomic mass is 35.5. The Hall–Kier alpha value is -1.34. The van der Waals surface area contributed by atoms with E-state index >= 15 is 0 Å². The third-order valence-corrected chi connectivity index (χ3v) is 3.14. The molecule has 0 radical (unpaired) electrons. The van der Waals surface area contributed by atoms with Crippen LogP contribution < -0.4 is 0 Å². The van der Waals surface area contributed by atoms with Crippen molar-refractivity contribution in [2.24, 2.45) is 0 Å². The molecule has 84 valence electrons. The van der Waals surface area contributed by atoms with E-state index in [1.54, 1.807) is 30.3 Å². The van der Waals surface area contributed by atoms with Gasteiger partial charge in [0.25, 0.3) is 0 Å². The first-order valence-electron chi connectivity index (χ1n) is 4.70. The summed E-state index contributed by atoms with van der Waals surface area (Å²) in [5, 5.41) is 9.96. The van der Waals surface area contributed by atoms with Gasteiger partial charge < -0.3 is 4.98 Å². The molecule has 0 spiro atoms. The number of hydrogen-bond donors (Lipinski definition) is 1. The monoisotopic (exact) mass is 280 g/mol. The second-order valence-corrected chi connectivity index (χ2v) is 4.60. The SMILES string of the molecule is N#Cc1ccc(-c2cc(Cl)ccc2Cl)[nH]c1=S. The van der Waals surface area contributed by atoms with Gasteiger partial charge in [0.15, 0.2) is 0 Å². The van der Waals surface area contributed by atoms with Crippen molar-refractivity contribution < 1.29 is 0 Å². The Morgan fingerprint density at radius 2 is 1.94 bits per heavy atom. The molecule has 1 heterocycles. The van der Waals surface area contributed by atoms with Gasteiger partial charge in [-0.1, -0.05) is 35.4 Å². The summed E-state index contributed by atoms with van der Waals surface area (Å²) in [6.07, 6.45) is 0. The predicted octanol–water partition coefficient (Wildman–Crippen LogP) is 4.59. The molecule has 0 unspecified atom stereocenters. The molecule has 2 rings (SSSR count). The summed E-state index contributed by atoms with van der Waals surface area (Å²) in [6, 6.07) is 10.6. The van der Waals surface area contributed by atoms with Gasteiger partial charge in [0, 0.05) is 21.3 Å². The van der Waals surface area contributed by atoms with E-state index in [0.717, 1.165) is 11.3 Å². The van der Waals surface area contributed by atoms with Crippen LogP contribution in [-0.4, -0.2) is 4.98 Å². The summed E-state index contributed by atoms with van der Waals surface area (Å²) in [4.78, 5) is 2.96. The van der Waals surface area contributed by atoms with E-state index < -0.39 is 0 Å². The van der Waals surface area contributed by atoms with Crippen LogP contribution in [0.15, 0.2) is 30.3 Å². The number of rotatable bonds is 1. The molecule has 0 amide bonds. The number of aromatic nitrogens is 1. The third kappa shape index (κ3) is 2.50. The number of nitrogens with zero attached hydrogens (tertiary/aromatic N) is 1. The van der Waals surface area contributed by atoms with Gasteiger partial charge in [-0.25, -0.2) is 0 Å². The predicted molar refractivity (Wildman–Crippen MR) is 71.8 cm³/mol. The maximum absolute atomic E-state index is 8.79. The van der Waals surface area contributed by atoms with Crippen LogP contribution in [-0.2, 0) is 0 Å². The number of hydrogen-bond acceptors (Lipinski definition) is 2. The molecule has 2 aromatic rings. The van der Waals surface area contributed by atoms with Gasteiger partial charge in [0.05, 0.1) is 5.56 Å². The van der Waals surface area contributed by atoms with Gasteiger partial charge >= 0.3 is 0 Å². The van der Waals surface area contributed by atoms with Crippen LogP contribution in [0.3, 0.4) is 0 Å². The number of halogens is 2. The number of aromatic amines is 1. The number of H-pyrrole nitrogens is 1. The van der Waals surface area contributed by atoms with E-state index in [0.29, 0.717) is 20.2 Å². The summed E-state index contributed by atoms with van der Waals surface area (Å²) >= 11 is 17.1. The molecule has 1 aromatic heterocycles. The van der Waals surface area contributed by atoms with E-state index in [9.17, 15) is 0 Å². The summed E-state index contributed by atoms with van der Waals surface area (Å²) < 4.78 is 0.390. The Morgan fingerprint density at radius 3 is 2.59 bits per heavy atom. The highest BCUT2D eigenvalue weighted by Gasteiger charge is 2.05. The van der Waals surface area contributed by atoms with Crippen LogP contribution in [0.4, 0.5) is 0 Å². The molecule has 0 atom stereocenters. The molecule has 0 aliphatic rings. The highest BCUT2D eigenvalue weighted by Crippen LogP contribution is 2.29. The minimum absolute atomic E-state index is 0.390. The van der Waals surface area contributed by atoms with E-state index in [1.165, 1.54) is 0 Å². The number of pyridine rings is 1. The number of nitriles is 1. The molecule has 2 nitrogen and oxygen atoms in total. The van der Waals surface area contributed by atoms with Crippen molar-refractivity contribution >= 4 is 35.4 Å². The third-order valence-electron chi connectivity index (χ3n) is 2.25. The Labute approximate surface area is 113 Å². The minimum atomic E-state index is 0.390. The summed E-state index contributed by atoms with van der Waals surface area (Å²) in [7, 11) is 0. The smallest absolute Gasteiger partial charge is 0.121 e. The van der Waals surface area contributed by atoms with Gasteiger partial charge in [-0.3, -0.25) is 0 Å². The second-order valence-electron chi connectivity index (χ2n) is 3.35. The fraction of sp³-hybridized carbons (Fsp3) is 0. The Bertz CT molecular complexity index is 671. The fourth-order valence-electron chi connectivity index (χ4n) is 1.42. The topological polar surface area (TPSA) is 39.6 Å². The fourth-order valence-corrected chi connectivity index (χ4v) is 2.04. The Morgan fingerprint density at radius 1 is 1.18 bits per heavy atom. The maximum atomic E-state index is 8.79. The average molecular weight is 281 g/mol. The summed E-state index contributed by atoms with van der Waals surface area (Å²) in [5.74, 6) is 0. The van der Waals surface area contributed by atoms with Gasteiger partial charge in [0.1, 0.15) is 10.7 Å². The quantitative estimate of drug-likeness (QED) is 0.776. The molecule has 0 aliphatic carbocycles. The van der Waals surface area contributed by atoms with Crippen LogP contribution in [0.2, 0.25) is 10.0 Å². The lowest BCUT2D eigenvalue weighted by Gasteiger charge is -2.05. The summed E-state index contributed by atoms with van der Waals surface area (Å²) in [5.41, 5.74) is 1.93. The number of nitrogens with one attached hydrogen (secondary N) is 1. The lowest BCUT2D eigenvalue weighted by Crippen LogP contribution is -1.88. The molecule has 0 saturated heterocycles. The van der Waals surface area contributed by atoms with Gasteiger partial charge in [-0.05, 0) is 30.3 Å².